The number of carbonyl (C=O) groups is 4. The highest BCUT2D eigenvalue weighted by molar-refractivity contribution is 6.53. The Balaban J connectivity index is 1.80. The van der Waals surface area contributed by atoms with Crippen LogP contribution in [0.25, 0.3) is 0 Å². The second-order valence-electron chi connectivity index (χ2n) is 9.13. The molecule has 4 amide bonds. The summed E-state index contributed by atoms with van der Waals surface area (Å²) in [6.07, 6.45) is 2.00. The molecule has 2 heterocycles. The van der Waals surface area contributed by atoms with Crippen molar-refractivity contribution in [2.75, 3.05) is 21.2 Å². The lowest BCUT2D eigenvalue weighted by atomic mass is 9.56. The van der Waals surface area contributed by atoms with Crippen LogP contribution in [0.1, 0.15) is 24.3 Å². The molecule has 10 heteroatoms. The molecular formula is C23H22Cl2N2O6. The van der Waals surface area contributed by atoms with Gasteiger partial charge in [0.2, 0.25) is 11.8 Å². The van der Waals surface area contributed by atoms with Crippen molar-refractivity contribution in [2.45, 2.75) is 28.5 Å². The minimum absolute atomic E-state index is 0.0841. The molecule has 1 aromatic carbocycles. The van der Waals surface area contributed by atoms with Crippen LogP contribution in [-0.4, -0.2) is 69.5 Å². The van der Waals surface area contributed by atoms with Gasteiger partial charge in [-0.1, -0.05) is 17.7 Å². The van der Waals surface area contributed by atoms with Crippen molar-refractivity contribution >= 4 is 46.8 Å². The Morgan fingerprint density at radius 3 is 2.39 bits per heavy atom. The van der Waals surface area contributed by atoms with E-state index in [-0.39, 0.29) is 41.7 Å². The van der Waals surface area contributed by atoms with E-state index in [1.165, 1.54) is 27.3 Å². The van der Waals surface area contributed by atoms with E-state index in [2.05, 4.69) is 0 Å². The topological polar surface area (TPSA) is 104 Å². The van der Waals surface area contributed by atoms with E-state index in [0.717, 1.165) is 9.80 Å². The number of allylic oxidation sites excluding steroid dienone is 2. The van der Waals surface area contributed by atoms with E-state index in [1.54, 1.807) is 12.1 Å². The molecule has 0 unspecified atom stereocenters. The molecular weight excluding hydrogens is 471 g/mol. The number of amides is 4. The lowest BCUT2D eigenvalue weighted by Gasteiger charge is -2.51. The van der Waals surface area contributed by atoms with Crippen molar-refractivity contribution in [2.24, 2.45) is 17.8 Å². The third-order valence-electron chi connectivity index (χ3n) is 7.79. The number of alkyl halides is 2. The van der Waals surface area contributed by atoms with Crippen LogP contribution in [0.3, 0.4) is 0 Å². The summed E-state index contributed by atoms with van der Waals surface area (Å²) in [7, 11) is 4.17. The summed E-state index contributed by atoms with van der Waals surface area (Å²) in [5, 5.41) is 10.9. The highest BCUT2D eigenvalue weighted by atomic mass is 35.5. The fourth-order valence-corrected chi connectivity index (χ4v) is 7.22. The minimum Gasteiger partial charge on any atom is -0.508 e. The first-order chi connectivity index (χ1) is 15.5. The molecule has 0 aromatic heterocycles. The average molecular weight is 493 g/mol. The van der Waals surface area contributed by atoms with Crippen LogP contribution in [0.5, 0.6) is 11.5 Å². The van der Waals surface area contributed by atoms with Crippen molar-refractivity contribution in [1.29, 1.82) is 0 Å². The van der Waals surface area contributed by atoms with Gasteiger partial charge in [-0.3, -0.25) is 29.0 Å². The van der Waals surface area contributed by atoms with Gasteiger partial charge in [-0.2, -0.15) is 0 Å². The SMILES string of the molecule is COc1cccc(O)c1[C@H]1C2=CC[C@@H]3C(=O)N(C)C(=O)[C@@H]3[C@@H]2C[C@@]2(Cl)C(=O)N(C)C(=O)[C@@]12Cl. The number of imide groups is 2. The Morgan fingerprint density at radius 1 is 1.03 bits per heavy atom. The molecule has 8 nitrogen and oxygen atoms in total. The number of carbonyl (C=O) groups excluding carboxylic acids is 4. The van der Waals surface area contributed by atoms with Gasteiger partial charge in [0.05, 0.1) is 18.9 Å². The number of phenolic OH excluding ortho intramolecular Hbond substituents is 1. The molecule has 1 aromatic rings. The molecule has 6 atom stereocenters. The zero-order valence-electron chi connectivity index (χ0n) is 18.2. The number of fused-ring (bicyclic) bond motifs is 4. The van der Waals surface area contributed by atoms with Gasteiger partial charge >= 0.3 is 0 Å². The lowest BCUT2D eigenvalue weighted by molar-refractivity contribution is -0.140. The summed E-state index contributed by atoms with van der Waals surface area (Å²) in [5.74, 6) is -4.88. The van der Waals surface area contributed by atoms with Crippen LogP contribution < -0.4 is 4.74 Å². The number of nitrogens with zero attached hydrogens (tertiary/aromatic N) is 2. The smallest absolute Gasteiger partial charge is 0.253 e. The van der Waals surface area contributed by atoms with Crippen LogP contribution >= 0.6 is 23.2 Å². The predicted octanol–water partition coefficient (Wildman–Crippen LogP) is 2.02. The Morgan fingerprint density at radius 2 is 1.73 bits per heavy atom. The Bertz CT molecular complexity index is 1170. The summed E-state index contributed by atoms with van der Waals surface area (Å²) < 4.78 is 5.49. The zero-order chi connectivity index (χ0) is 24.0. The van der Waals surface area contributed by atoms with Crippen LogP contribution in [-0.2, 0) is 19.2 Å². The Hall–Kier alpha value is -2.58. The Kier molecular flexibility index (Phi) is 4.69. The first-order valence-electron chi connectivity index (χ1n) is 10.6. The molecule has 1 N–H and O–H groups in total. The molecule has 0 radical (unpaired) electrons. The van der Waals surface area contributed by atoms with Crippen LogP contribution in [0.2, 0.25) is 0 Å². The number of halogens is 2. The standard InChI is InChI=1S/C23H22Cl2N2O6/c1-26-18(29)11-8-7-10-12(15(11)19(26)30)9-22(24)20(31)27(2)21(32)23(22,25)17(10)16-13(28)5-4-6-14(16)33-3/h4-7,11-12,15,17,28H,8-9H2,1-3H3/t11-,12+,15-,17+,22+,23-/m0/s1. The molecule has 33 heavy (non-hydrogen) atoms. The van der Waals surface area contributed by atoms with Crippen molar-refractivity contribution in [3.8, 4) is 11.5 Å². The van der Waals surface area contributed by atoms with Gasteiger partial charge in [-0.05, 0) is 30.9 Å². The summed E-state index contributed by atoms with van der Waals surface area (Å²) in [6, 6.07) is 4.64. The first-order valence-corrected chi connectivity index (χ1v) is 11.3. The second-order valence-corrected chi connectivity index (χ2v) is 10.4. The number of rotatable bonds is 2. The van der Waals surface area contributed by atoms with Gasteiger partial charge in [0.1, 0.15) is 11.5 Å². The maximum atomic E-state index is 13.5. The van der Waals surface area contributed by atoms with Crippen LogP contribution in [0.15, 0.2) is 29.8 Å². The molecule has 1 saturated carbocycles. The van der Waals surface area contributed by atoms with Crippen molar-refractivity contribution in [1.82, 2.24) is 9.80 Å². The second kappa shape index (κ2) is 6.96. The lowest BCUT2D eigenvalue weighted by Crippen LogP contribution is -2.60. The summed E-state index contributed by atoms with van der Waals surface area (Å²) in [5.41, 5.74) is 0.825. The number of likely N-dealkylation sites (tertiary alicyclic amines) is 2. The van der Waals surface area contributed by atoms with E-state index in [0.29, 0.717) is 5.57 Å². The van der Waals surface area contributed by atoms with Crippen LogP contribution in [0, 0.1) is 17.8 Å². The molecule has 174 valence electrons. The third-order valence-corrected chi connectivity index (χ3v) is 9.20. The molecule has 0 spiro atoms. The summed E-state index contributed by atoms with van der Waals surface area (Å²) in [4.78, 5) is 50.7. The van der Waals surface area contributed by atoms with Gasteiger partial charge in [-0.15, -0.1) is 23.2 Å². The number of methoxy groups -OCH3 is 1. The molecule has 5 rings (SSSR count). The monoisotopic (exact) mass is 492 g/mol. The van der Waals surface area contributed by atoms with Crippen molar-refractivity contribution in [3.05, 3.63) is 35.4 Å². The minimum atomic E-state index is -1.96. The van der Waals surface area contributed by atoms with E-state index < -0.39 is 45.2 Å². The third kappa shape index (κ3) is 2.48. The van der Waals surface area contributed by atoms with E-state index >= 15 is 0 Å². The maximum Gasteiger partial charge on any atom is 0.253 e. The number of aromatic hydroxyl groups is 1. The average Bonchev–Trinajstić information content (AvgIpc) is 3.09. The summed E-state index contributed by atoms with van der Waals surface area (Å²) in [6.45, 7) is 0. The van der Waals surface area contributed by atoms with Gasteiger partial charge in [0.25, 0.3) is 11.8 Å². The number of hydrogen-bond acceptors (Lipinski definition) is 6. The predicted molar refractivity (Wildman–Crippen MR) is 118 cm³/mol. The number of ether oxygens (including phenoxy) is 1. The van der Waals surface area contributed by atoms with Gasteiger partial charge in [0, 0.05) is 25.6 Å². The maximum absolute atomic E-state index is 13.5. The largest absolute Gasteiger partial charge is 0.508 e. The van der Waals surface area contributed by atoms with E-state index in [9.17, 15) is 24.3 Å². The van der Waals surface area contributed by atoms with Crippen molar-refractivity contribution < 1.29 is 29.0 Å². The normalized spacial score (nSPS) is 37.7. The fraction of sp³-hybridized carbons (Fsp3) is 0.478. The number of hydrogen-bond donors (Lipinski definition) is 1. The Labute approximate surface area is 200 Å². The molecule has 0 bridgehead atoms. The van der Waals surface area contributed by atoms with Gasteiger partial charge < -0.3 is 9.84 Å². The van der Waals surface area contributed by atoms with Gasteiger partial charge in [0.15, 0.2) is 9.75 Å². The number of benzene rings is 1. The van der Waals surface area contributed by atoms with Crippen molar-refractivity contribution in [3.63, 3.8) is 0 Å². The highest BCUT2D eigenvalue weighted by Crippen LogP contribution is 2.66. The van der Waals surface area contributed by atoms with E-state index in [4.69, 9.17) is 27.9 Å². The molecule has 2 aliphatic heterocycles. The quantitative estimate of drug-likeness (QED) is 0.384. The fourth-order valence-electron chi connectivity index (χ4n) is 6.22. The zero-order valence-corrected chi connectivity index (χ0v) is 19.7. The molecule has 3 fully saturated rings. The first kappa shape index (κ1) is 22.2. The molecule has 2 saturated heterocycles. The van der Waals surface area contributed by atoms with Gasteiger partial charge in [-0.25, -0.2) is 0 Å². The number of phenols is 1. The highest BCUT2D eigenvalue weighted by Gasteiger charge is 2.76. The molecule has 2 aliphatic carbocycles. The molecule has 4 aliphatic rings. The summed E-state index contributed by atoms with van der Waals surface area (Å²) >= 11 is 14.1. The van der Waals surface area contributed by atoms with E-state index in [1.807, 2.05) is 6.08 Å². The van der Waals surface area contributed by atoms with Crippen LogP contribution in [0.4, 0.5) is 0 Å².